The molecule has 3 rings (SSSR count). The molecule has 0 amide bonds. The van der Waals surface area contributed by atoms with Crippen LogP contribution >= 0.6 is 0 Å². The van der Waals surface area contributed by atoms with E-state index < -0.39 is 0 Å². The van der Waals surface area contributed by atoms with Gasteiger partial charge >= 0.3 is 0 Å². The Morgan fingerprint density at radius 1 is 1.26 bits per heavy atom. The number of rotatable bonds is 6. The zero-order valence-corrected chi connectivity index (χ0v) is 19.7. The first-order valence-corrected chi connectivity index (χ1v) is 11.4. The molecule has 0 saturated carbocycles. The van der Waals surface area contributed by atoms with Crippen molar-refractivity contribution in [2.24, 2.45) is 21.3 Å². The van der Waals surface area contributed by atoms with E-state index in [0.717, 1.165) is 36.5 Å². The van der Waals surface area contributed by atoms with Crippen molar-refractivity contribution in [2.75, 3.05) is 0 Å². The largest absolute Gasteiger partial charge is 0.342 e. The van der Waals surface area contributed by atoms with E-state index in [1.54, 1.807) is 0 Å². The van der Waals surface area contributed by atoms with Gasteiger partial charge in [0, 0.05) is 24.5 Å². The summed E-state index contributed by atoms with van der Waals surface area (Å²) in [7, 11) is 0. The molecule has 1 aliphatic carbocycles. The summed E-state index contributed by atoms with van der Waals surface area (Å²) in [5.41, 5.74) is 4.51. The summed E-state index contributed by atoms with van der Waals surface area (Å²) < 4.78 is 0. The van der Waals surface area contributed by atoms with Gasteiger partial charge in [-0.05, 0) is 43.7 Å². The molecule has 3 atom stereocenters. The van der Waals surface area contributed by atoms with Crippen LogP contribution in [0.5, 0.6) is 0 Å². The van der Waals surface area contributed by atoms with Crippen molar-refractivity contribution in [3.05, 3.63) is 83.7 Å². The molecule has 0 radical (unpaired) electrons. The van der Waals surface area contributed by atoms with Crippen molar-refractivity contribution in [3.8, 4) is 0 Å². The van der Waals surface area contributed by atoms with Gasteiger partial charge < -0.3 is 5.32 Å². The van der Waals surface area contributed by atoms with Crippen LogP contribution in [0.3, 0.4) is 0 Å². The molecule has 1 aliphatic heterocycles. The van der Waals surface area contributed by atoms with E-state index in [-0.39, 0.29) is 11.5 Å². The maximum Gasteiger partial charge on any atom is 0.105 e. The van der Waals surface area contributed by atoms with E-state index >= 15 is 0 Å². The maximum absolute atomic E-state index is 5.03. The van der Waals surface area contributed by atoms with Crippen LogP contribution in [-0.2, 0) is 0 Å². The predicted molar refractivity (Wildman–Crippen MR) is 135 cm³/mol. The number of nitrogens with zero attached hydrogens (tertiary/aromatic N) is 2. The molecule has 3 heteroatoms. The quantitative estimate of drug-likeness (QED) is 0.398. The highest BCUT2D eigenvalue weighted by molar-refractivity contribution is 5.87. The summed E-state index contributed by atoms with van der Waals surface area (Å²) in [6, 6.07) is 9.00. The molecular formula is C28H37N3. The van der Waals surface area contributed by atoms with Gasteiger partial charge in [-0.3, -0.25) is 9.98 Å². The Balaban J connectivity index is 1.79. The summed E-state index contributed by atoms with van der Waals surface area (Å²) in [5.74, 6) is 1.89. The smallest absolute Gasteiger partial charge is 0.105 e. The molecule has 3 nitrogen and oxygen atoms in total. The second-order valence-electron chi connectivity index (χ2n) is 9.76. The minimum atomic E-state index is 0.0242. The third-order valence-electron chi connectivity index (χ3n) is 5.70. The molecule has 0 bridgehead atoms. The second kappa shape index (κ2) is 10.1. The number of nitrogens with one attached hydrogen (secondary N) is 1. The van der Waals surface area contributed by atoms with Crippen molar-refractivity contribution in [2.45, 2.75) is 65.8 Å². The Labute approximate surface area is 188 Å². The van der Waals surface area contributed by atoms with Gasteiger partial charge in [0.1, 0.15) is 5.84 Å². The lowest BCUT2D eigenvalue weighted by Gasteiger charge is -2.30. The van der Waals surface area contributed by atoms with Gasteiger partial charge in [0.15, 0.2) is 0 Å². The lowest BCUT2D eigenvalue weighted by Crippen LogP contribution is -2.33. The maximum atomic E-state index is 5.03. The Morgan fingerprint density at radius 2 is 2.06 bits per heavy atom. The number of hydrogen-bond donors (Lipinski definition) is 1. The molecule has 2 aliphatic rings. The first kappa shape index (κ1) is 23.0. The molecule has 1 aromatic carbocycles. The third kappa shape index (κ3) is 6.65. The number of allylic oxidation sites excluding steroid dienone is 2. The molecule has 1 heterocycles. The minimum absolute atomic E-state index is 0.0242. The van der Waals surface area contributed by atoms with Crippen molar-refractivity contribution in [1.29, 1.82) is 0 Å². The molecule has 0 saturated heterocycles. The molecule has 164 valence electrons. The van der Waals surface area contributed by atoms with Gasteiger partial charge in [-0.1, -0.05) is 81.5 Å². The van der Waals surface area contributed by atoms with E-state index in [1.807, 2.05) is 13.1 Å². The summed E-state index contributed by atoms with van der Waals surface area (Å²) in [6.45, 7) is 14.9. The normalized spacial score (nSPS) is 24.2. The fourth-order valence-electron chi connectivity index (χ4n) is 3.98. The SMILES string of the molecule is C=C(N=CC(C)(C)C)C1=CC(C2C=CC(c3cccc(C)c3)CC2)N=C(C/C=C\C)N1. The van der Waals surface area contributed by atoms with Crippen LogP contribution in [0, 0.1) is 18.3 Å². The van der Waals surface area contributed by atoms with Crippen molar-refractivity contribution in [3.63, 3.8) is 0 Å². The molecular weight excluding hydrogens is 378 g/mol. The molecule has 1 N–H and O–H groups in total. The number of benzene rings is 1. The van der Waals surface area contributed by atoms with E-state index in [1.165, 1.54) is 11.1 Å². The van der Waals surface area contributed by atoms with Gasteiger partial charge in [0.05, 0.1) is 17.4 Å². The zero-order chi connectivity index (χ0) is 22.4. The Kier molecular flexibility index (Phi) is 7.48. The van der Waals surface area contributed by atoms with Crippen molar-refractivity contribution in [1.82, 2.24) is 5.32 Å². The van der Waals surface area contributed by atoms with Crippen LogP contribution < -0.4 is 5.32 Å². The lowest BCUT2D eigenvalue weighted by molar-refractivity contribution is 0.469. The fraction of sp³-hybridized carbons (Fsp3) is 0.429. The predicted octanol–water partition coefficient (Wildman–Crippen LogP) is 6.90. The van der Waals surface area contributed by atoms with Crippen molar-refractivity contribution >= 4 is 12.1 Å². The van der Waals surface area contributed by atoms with Gasteiger partial charge in [-0.15, -0.1) is 0 Å². The first-order chi connectivity index (χ1) is 14.7. The molecule has 0 fully saturated rings. The zero-order valence-electron chi connectivity index (χ0n) is 19.7. The van der Waals surface area contributed by atoms with E-state index in [9.17, 15) is 0 Å². The number of aryl methyl sites for hydroxylation is 1. The monoisotopic (exact) mass is 415 g/mol. The minimum Gasteiger partial charge on any atom is -0.342 e. The third-order valence-corrected chi connectivity index (χ3v) is 5.70. The van der Waals surface area contributed by atoms with E-state index in [4.69, 9.17) is 4.99 Å². The standard InChI is InChI=1S/C28H37N3/c1-7-8-12-27-30-25(21(3)29-19-28(4,5)6)18-26(31-27)23-15-13-22(14-16-23)24-11-9-10-20(2)17-24/h7-11,13,15,17-19,22-23,26H,3,12,14,16H2,1-2,4-6H3,(H,30,31)/b8-7-,29-19?. The molecule has 0 spiro atoms. The summed E-state index contributed by atoms with van der Waals surface area (Å²) in [5, 5.41) is 3.46. The highest BCUT2D eigenvalue weighted by Gasteiger charge is 2.26. The van der Waals surface area contributed by atoms with Gasteiger partial charge in [0.25, 0.3) is 0 Å². The Hall–Kier alpha value is -2.68. The van der Waals surface area contributed by atoms with Gasteiger partial charge in [-0.2, -0.15) is 0 Å². The van der Waals surface area contributed by atoms with Crippen LogP contribution in [0.25, 0.3) is 0 Å². The average molecular weight is 416 g/mol. The van der Waals surface area contributed by atoms with Crippen LogP contribution in [0.2, 0.25) is 0 Å². The Bertz CT molecular complexity index is 937. The van der Waals surface area contributed by atoms with Gasteiger partial charge in [0.2, 0.25) is 0 Å². The lowest BCUT2D eigenvalue weighted by atomic mass is 9.81. The molecule has 3 unspecified atom stereocenters. The molecule has 1 aromatic rings. The second-order valence-corrected chi connectivity index (χ2v) is 9.76. The number of hydrogen-bond acceptors (Lipinski definition) is 3. The first-order valence-electron chi connectivity index (χ1n) is 11.4. The fourth-order valence-corrected chi connectivity index (χ4v) is 3.98. The van der Waals surface area contributed by atoms with Crippen LogP contribution in [0.4, 0.5) is 0 Å². The summed E-state index contributed by atoms with van der Waals surface area (Å²) in [4.78, 5) is 9.66. The van der Waals surface area contributed by atoms with E-state index in [2.05, 4.69) is 99.2 Å². The topological polar surface area (TPSA) is 36.8 Å². The van der Waals surface area contributed by atoms with Crippen molar-refractivity contribution < 1.29 is 0 Å². The molecule has 31 heavy (non-hydrogen) atoms. The van der Waals surface area contributed by atoms with Crippen LogP contribution in [0.15, 0.2) is 82.6 Å². The molecule has 0 aromatic heterocycles. The highest BCUT2D eigenvalue weighted by Crippen LogP contribution is 2.34. The van der Waals surface area contributed by atoms with Crippen LogP contribution in [-0.4, -0.2) is 18.1 Å². The number of amidine groups is 1. The van der Waals surface area contributed by atoms with Gasteiger partial charge in [-0.25, -0.2) is 0 Å². The summed E-state index contributed by atoms with van der Waals surface area (Å²) in [6.07, 6.45) is 16.2. The highest BCUT2D eigenvalue weighted by atomic mass is 15.1. The van der Waals surface area contributed by atoms with Crippen LogP contribution in [0.1, 0.15) is 64.0 Å². The Morgan fingerprint density at radius 3 is 2.71 bits per heavy atom. The average Bonchev–Trinajstić information content (AvgIpc) is 2.75. The number of aliphatic imine (C=N–C) groups is 2. The van der Waals surface area contributed by atoms with E-state index in [0.29, 0.717) is 11.8 Å². The summed E-state index contributed by atoms with van der Waals surface area (Å²) >= 11 is 0.